The van der Waals surface area contributed by atoms with Gasteiger partial charge in [-0.05, 0) is 31.2 Å². The molecule has 2 saturated heterocycles. The first-order chi connectivity index (χ1) is 19.1. The predicted molar refractivity (Wildman–Crippen MR) is 133 cm³/mol. The second-order valence-corrected chi connectivity index (χ2v) is 11.3. The molecule has 3 aromatic rings. The maximum atomic E-state index is 14.0. The number of aliphatic hydroxyl groups is 2. The lowest BCUT2D eigenvalue weighted by atomic mass is 10.0. The highest BCUT2D eigenvalue weighted by Gasteiger charge is 2.90. The maximum absolute atomic E-state index is 14.0. The fourth-order valence-electron chi connectivity index (χ4n) is 4.86. The molecular weight excluding hydrogens is 547 g/mol. The van der Waals surface area contributed by atoms with Crippen molar-refractivity contribution in [3.63, 3.8) is 0 Å². The Balaban J connectivity index is 1.26. The number of hydrogen-bond acceptors (Lipinski definition) is 13. The van der Waals surface area contributed by atoms with Crippen molar-refractivity contribution < 1.29 is 42.8 Å². The number of esters is 1. The van der Waals surface area contributed by atoms with Gasteiger partial charge in [0.25, 0.3) is 0 Å². The first kappa shape index (κ1) is 26.6. The third-order valence-corrected chi connectivity index (χ3v) is 8.75. The minimum Gasteiger partial charge on any atom is -0.456 e. The number of nitrogen functional groups attached to an aromatic ring is 1. The summed E-state index contributed by atoms with van der Waals surface area (Å²) in [6.07, 6.45) is -3.77. The van der Waals surface area contributed by atoms with Crippen LogP contribution in [0.5, 0.6) is 5.75 Å². The average molecular weight is 572 g/mol. The van der Waals surface area contributed by atoms with E-state index in [0.29, 0.717) is 11.2 Å². The van der Waals surface area contributed by atoms with E-state index < -0.39 is 55.4 Å². The second-order valence-electron chi connectivity index (χ2n) is 9.69. The van der Waals surface area contributed by atoms with Crippen molar-refractivity contribution in [1.82, 2.24) is 19.7 Å². The molecule has 1 aliphatic carbocycles. The van der Waals surface area contributed by atoms with Crippen LogP contribution in [0.2, 0.25) is 0 Å². The van der Waals surface area contributed by atoms with Gasteiger partial charge in [0.2, 0.25) is 5.60 Å². The zero-order valence-electron chi connectivity index (χ0n) is 21.0. The summed E-state index contributed by atoms with van der Waals surface area (Å²) in [7, 11) is -4.51. The fourth-order valence-corrected chi connectivity index (χ4v) is 6.59. The van der Waals surface area contributed by atoms with Crippen molar-refractivity contribution >= 4 is 25.1 Å². The monoisotopic (exact) mass is 572 g/mol. The first-order valence-electron chi connectivity index (χ1n) is 12.3. The van der Waals surface area contributed by atoms with Gasteiger partial charge in [0.1, 0.15) is 48.0 Å². The van der Waals surface area contributed by atoms with Gasteiger partial charge in [0, 0.05) is 0 Å². The Morgan fingerprint density at radius 3 is 2.73 bits per heavy atom. The van der Waals surface area contributed by atoms with Gasteiger partial charge in [-0.1, -0.05) is 18.2 Å². The molecule has 16 heteroatoms. The second kappa shape index (κ2) is 9.50. The van der Waals surface area contributed by atoms with Crippen molar-refractivity contribution in [1.29, 1.82) is 5.26 Å². The van der Waals surface area contributed by atoms with Crippen molar-refractivity contribution in [2.24, 2.45) is 0 Å². The first-order valence-corrected chi connectivity index (χ1v) is 13.8. The number of aromatic nitrogens is 3. The van der Waals surface area contributed by atoms with E-state index in [-0.39, 0.29) is 24.8 Å². The number of nitriles is 1. The fraction of sp³-hybridized carbons (Fsp3) is 0.417. The van der Waals surface area contributed by atoms with Crippen molar-refractivity contribution in [2.45, 2.75) is 48.6 Å². The molecule has 1 aromatic carbocycles. The molecule has 210 valence electrons. The SMILES string of the molecule is C[C@H](NP(=O)(Oc1ccccc1)OC1[C@@]2(C#N)O[C@@H](c3ccc4c(N)ncnn34)[C@H](O)[C@@]12O)C(=O)OC1COC1. The number of carbonyl (C=O) groups is 1. The molecule has 0 spiro atoms. The molecule has 0 radical (unpaired) electrons. The molecule has 2 aliphatic heterocycles. The number of anilines is 1. The summed E-state index contributed by atoms with van der Waals surface area (Å²) in [5.41, 5.74) is 2.18. The highest BCUT2D eigenvalue weighted by Crippen LogP contribution is 2.68. The van der Waals surface area contributed by atoms with Gasteiger partial charge < -0.3 is 34.7 Å². The largest absolute Gasteiger partial charge is 0.459 e. The van der Waals surface area contributed by atoms with Crippen LogP contribution in [-0.2, 0) is 28.1 Å². The van der Waals surface area contributed by atoms with Gasteiger partial charge in [0.05, 0.1) is 18.9 Å². The van der Waals surface area contributed by atoms with Crippen LogP contribution in [0.25, 0.3) is 5.52 Å². The topological polar surface area (TPSA) is 213 Å². The molecule has 0 amide bonds. The van der Waals surface area contributed by atoms with Crippen molar-refractivity contribution in [3.05, 3.63) is 54.5 Å². The van der Waals surface area contributed by atoms with E-state index in [9.17, 15) is 24.8 Å². The summed E-state index contributed by atoms with van der Waals surface area (Å²) in [4.78, 5) is 16.5. The van der Waals surface area contributed by atoms with Crippen LogP contribution in [0.15, 0.2) is 48.8 Å². The van der Waals surface area contributed by atoms with Gasteiger partial charge in [-0.2, -0.15) is 15.4 Å². The molecule has 5 N–H and O–H groups in total. The standard InChI is InChI=1S/C24H25N6O9P/c1-13(21(32)36-15-9-35-10-15)29-40(34,38-14-5-3-2-4-6-14)39-22-23(11-25)24(22,33)19(31)18(37-23)16-7-8-17-20(26)27-12-28-30(16)17/h2-8,12-13,15,18-19,22,31,33H,9-10H2,1H3,(H,29,34)(H2,26,27,28)/t13-,18-,19-,22?,23+,24+,40?/m0/s1. The molecule has 40 heavy (non-hydrogen) atoms. The normalized spacial score (nSPS) is 31.4. The van der Waals surface area contributed by atoms with Gasteiger partial charge in [-0.15, -0.1) is 0 Å². The summed E-state index contributed by atoms with van der Waals surface area (Å²) in [5.74, 6) is -0.445. The highest BCUT2D eigenvalue weighted by atomic mass is 31.2. The van der Waals surface area contributed by atoms with E-state index >= 15 is 0 Å². The number of aliphatic hydroxyl groups excluding tert-OH is 1. The van der Waals surface area contributed by atoms with E-state index in [1.807, 2.05) is 6.07 Å². The smallest absolute Gasteiger partial charge is 0.456 e. The summed E-state index contributed by atoms with van der Waals surface area (Å²) in [6, 6.07) is 11.8. The molecule has 0 bridgehead atoms. The number of ether oxygens (including phenoxy) is 3. The molecule has 2 unspecified atom stereocenters. The highest BCUT2D eigenvalue weighted by molar-refractivity contribution is 7.52. The zero-order valence-corrected chi connectivity index (χ0v) is 21.9. The summed E-state index contributed by atoms with van der Waals surface area (Å²) >= 11 is 0. The van der Waals surface area contributed by atoms with E-state index in [1.54, 1.807) is 30.3 Å². The van der Waals surface area contributed by atoms with Gasteiger partial charge >= 0.3 is 13.7 Å². The quantitative estimate of drug-likeness (QED) is 0.200. The summed E-state index contributed by atoms with van der Waals surface area (Å²) < 4.78 is 42.9. The number of rotatable bonds is 9. The number of fused-ring (bicyclic) bond motifs is 2. The van der Waals surface area contributed by atoms with Gasteiger partial charge in [-0.3, -0.25) is 9.32 Å². The summed E-state index contributed by atoms with van der Waals surface area (Å²) in [5, 5.41) is 39.3. The Kier molecular flexibility index (Phi) is 6.32. The number of nitrogens with one attached hydrogen (secondary N) is 1. The molecule has 6 rings (SSSR count). The van der Waals surface area contributed by atoms with Crippen LogP contribution in [-0.4, -0.2) is 79.6 Å². The number of nitrogens with zero attached hydrogens (tertiary/aromatic N) is 4. The molecule has 2 aromatic heterocycles. The van der Waals surface area contributed by atoms with Crippen LogP contribution in [0.4, 0.5) is 5.82 Å². The van der Waals surface area contributed by atoms with Crippen LogP contribution in [0.1, 0.15) is 18.7 Å². The Labute approximate surface area is 226 Å². The third kappa shape index (κ3) is 4.04. The number of carbonyl (C=O) groups excluding carboxylic acids is 1. The van der Waals surface area contributed by atoms with E-state index in [2.05, 4.69) is 15.2 Å². The third-order valence-electron chi connectivity index (χ3n) is 7.11. The minimum atomic E-state index is -4.51. The van der Waals surface area contributed by atoms with E-state index in [4.69, 9.17) is 29.0 Å². The lowest BCUT2D eigenvalue weighted by molar-refractivity contribution is -0.173. The van der Waals surface area contributed by atoms with Crippen LogP contribution in [0, 0.1) is 11.3 Å². The molecule has 3 fully saturated rings. The Morgan fingerprint density at radius 2 is 2.08 bits per heavy atom. The zero-order chi connectivity index (χ0) is 28.3. The van der Waals surface area contributed by atoms with Crippen LogP contribution >= 0.6 is 7.75 Å². The number of nitrogens with two attached hydrogens (primary N) is 1. The van der Waals surface area contributed by atoms with E-state index in [1.165, 1.54) is 29.9 Å². The Bertz CT molecular complexity index is 1540. The minimum absolute atomic E-state index is 0.117. The van der Waals surface area contributed by atoms with Crippen molar-refractivity contribution in [3.8, 4) is 11.8 Å². The Hall–Kier alpha value is -3.61. The lowest BCUT2D eigenvalue weighted by Gasteiger charge is -2.29. The van der Waals surface area contributed by atoms with E-state index in [0.717, 1.165) is 0 Å². The maximum Gasteiger partial charge on any atom is 0.459 e. The predicted octanol–water partition coefficient (Wildman–Crippen LogP) is 0.243. The molecule has 7 atom stereocenters. The number of hydrogen-bond donors (Lipinski definition) is 4. The molecule has 4 heterocycles. The Morgan fingerprint density at radius 1 is 1.32 bits per heavy atom. The molecule has 1 saturated carbocycles. The van der Waals surface area contributed by atoms with Crippen molar-refractivity contribution in [2.75, 3.05) is 18.9 Å². The number of benzene rings is 1. The molecule has 15 nitrogen and oxygen atoms in total. The van der Waals surface area contributed by atoms with Gasteiger partial charge in [0.15, 0.2) is 17.5 Å². The van der Waals surface area contributed by atoms with Gasteiger partial charge in [-0.25, -0.2) is 14.1 Å². The number of para-hydroxylation sites is 1. The summed E-state index contributed by atoms with van der Waals surface area (Å²) in [6.45, 7) is 1.89. The van der Waals surface area contributed by atoms with Crippen LogP contribution in [0.3, 0.4) is 0 Å². The molecule has 3 aliphatic rings. The lowest BCUT2D eigenvalue weighted by Crippen LogP contribution is -2.43. The molecular formula is C24H25N6O9P. The van der Waals surface area contributed by atoms with Crippen LogP contribution < -0.4 is 15.3 Å². The average Bonchev–Trinajstić information content (AvgIpc) is 3.17.